The van der Waals surface area contributed by atoms with E-state index in [1.165, 1.54) is 0 Å². The molecule has 0 spiro atoms. The summed E-state index contributed by atoms with van der Waals surface area (Å²) in [5, 5.41) is 18.8. The minimum Gasteiger partial charge on any atom is -0.391 e. The summed E-state index contributed by atoms with van der Waals surface area (Å²) in [7, 11) is 1.91. The lowest BCUT2D eigenvalue weighted by Crippen LogP contribution is -2.45. The monoisotopic (exact) mass is 440 g/mol. The number of para-hydroxylation sites is 1. The van der Waals surface area contributed by atoms with Crippen molar-refractivity contribution in [3.63, 3.8) is 0 Å². The van der Waals surface area contributed by atoms with E-state index >= 15 is 0 Å². The smallest absolute Gasteiger partial charge is 0.270 e. The van der Waals surface area contributed by atoms with Gasteiger partial charge in [0, 0.05) is 24.2 Å². The summed E-state index contributed by atoms with van der Waals surface area (Å²) < 4.78 is 1.80. The second kappa shape index (κ2) is 9.16. The summed E-state index contributed by atoms with van der Waals surface area (Å²) >= 11 is 0. The summed E-state index contributed by atoms with van der Waals surface area (Å²) in [4.78, 5) is 17.6. The van der Waals surface area contributed by atoms with Crippen LogP contribution in [0.5, 0.6) is 0 Å². The third-order valence-corrected chi connectivity index (χ3v) is 6.44. The van der Waals surface area contributed by atoms with Crippen molar-refractivity contribution in [3.05, 3.63) is 83.7 Å². The number of hydrogen-bond donors (Lipinski definition) is 2. The van der Waals surface area contributed by atoms with Crippen molar-refractivity contribution in [2.24, 2.45) is 7.05 Å². The van der Waals surface area contributed by atoms with Crippen molar-refractivity contribution >= 4 is 16.8 Å². The fourth-order valence-corrected chi connectivity index (χ4v) is 4.61. The molecule has 2 aromatic carbocycles. The van der Waals surface area contributed by atoms with Crippen LogP contribution in [0.15, 0.2) is 66.9 Å². The fourth-order valence-electron chi connectivity index (χ4n) is 4.61. The van der Waals surface area contributed by atoms with Gasteiger partial charge in [-0.15, -0.1) is 0 Å². The van der Waals surface area contributed by atoms with E-state index < -0.39 is 6.10 Å². The van der Waals surface area contributed by atoms with E-state index in [4.69, 9.17) is 0 Å². The van der Waals surface area contributed by atoms with E-state index in [9.17, 15) is 9.90 Å². The number of nitrogens with zero attached hydrogens (tertiary/aromatic N) is 3. The standard InChI is InChI=1S/C27H28N4O2/c1-31-15-14-22(30-31)19-12-10-18(11-13-19)16-20-17-25(28-23-7-3-2-6-21(20)23)27(33)29-24-8-4-5-9-26(24)32/h2-3,6-7,10-15,17,24,26,32H,4-5,8-9,16H2,1H3,(H,29,33). The van der Waals surface area contributed by atoms with Crippen molar-refractivity contribution in [2.45, 2.75) is 44.2 Å². The van der Waals surface area contributed by atoms with Crippen molar-refractivity contribution in [3.8, 4) is 11.3 Å². The first-order chi connectivity index (χ1) is 16.1. The molecule has 2 heterocycles. The molecule has 1 aliphatic rings. The fraction of sp³-hybridized carbons (Fsp3) is 0.296. The van der Waals surface area contributed by atoms with Crippen LogP contribution < -0.4 is 5.32 Å². The number of carbonyl (C=O) groups excluding carboxylic acids is 1. The van der Waals surface area contributed by atoms with Crippen LogP contribution in [0.3, 0.4) is 0 Å². The molecule has 168 valence electrons. The Hall–Kier alpha value is -3.51. The number of nitrogens with one attached hydrogen (secondary N) is 1. The summed E-state index contributed by atoms with van der Waals surface area (Å²) in [6.07, 6.45) is 5.70. The van der Waals surface area contributed by atoms with E-state index in [1.54, 1.807) is 4.68 Å². The highest BCUT2D eigenvalue weighted by atomic mass is 16.3. The SMILES string of the molecule is Cn1ccc(-c2ccc(Cc3cc(C(=O)NC4CCCCC4O)nc4ccccc34)cc2)n1. The molecule has 2 atom stereocenters. The molecule has 0 bridgehead atoms. The number of pyridine rings is 1. The summed E-state index contributed by atoms with van der Waals surface area (Å²) in [6.45, 7) is 0. The zero-order valence-electron chi connectivity index (χ0n) is 18.7. The third-order valence-electron chi connectivity index (χ3n) is 6.44. The Morgan fingerprint density at radius 2 is 1.88 bits per heavy atom. The predicted molar refractivity (Wildman–Crippen MR) is 129 cm³/mol. The zero-order chi connectivity index (χ0) is 22.8. The van der Waals surface area contributed by atoms with Crippen molar-refractivity contribution in [2.75, 3.05) is 0 Å². The molecule has 0 radical (unpaired) electrons. The lowest BCUT2D eigenvalue weighted by atomic mass is 9.92. The zero-order valence-corrected chi connectivity index (χ0v) is 18.7. The number of hydrogen-bond acceptors (Lipinski definition) is 4. The van der Waals surface area contributed by atoms with Gasteiger partial charge in [-0.05, 0) is 48.6 Å². The molecular formula is C27H28N4O2. The molecule has 1 fully saturated rings. The summed E-state index contributed by atoms with van der Waals surface area (Å²) in [5.41, 5.74) is 5.42. The molecule has 0 saturated heterocycles. The van der Waals surface area contributed by atoms with Crippen molar-refractivity contribution in [1.82, 2.24) is 20.1 Å². The highest BCUT2D eigenvalue weighted by Crippen LogP contribution is 2.24. The Labute approximate surface area is 193 Å². The largest absolute Gasteiger partial charge is 0.391 e. The van der Waals surface area contributed by atoms with Gasteiger partial charge in [0.1, 0.15) is 5.69 Å². The number of fused-ring (bicyclic) bond motifs is 1. The van der Waals surface area contributed by atoms with E-state index in [-0.39, 0.29) is 11.9 Å². The van der Waals surface area contributed by atoms with Gasteiger partial charge in [0.15, 0.2) is 0 Å². The molecular weight excluding hydrogens is 412 g/mol. The van der Waals surface area contributed by atoms with Gasteiger partial charge in [-0.25, -0.2) is 4.98 Å². The summed E-state index contributed by atoms with van der Waals surface area (Å²) in [5.74, 6) is -0.224. The molecule has 6 nitrogen and oxygen atoms in total. The number of aromatic nitrogens is 3. The molecule has 5 rings (SSSR count). The Morgan fingerprint density at radius 1 is 1.09 bits per heavy atom. The second-order valence-electron chi connectivity index (χ2n) is 8.86. The molecule has 33 heavy (non-hydrogen) atoms. The van der Waals surface area contributed by atoms with Gasteiger partial charge in [0.25, 0.3) is 5.91 Å². The van der Waals surface area contributed by atoms with E-state index in [0.717, 1.165) is 59.0 Å². The first-order valence-electron chi connectivity index (χ1n) is 11.5. The number of carbonyl (C=O) groups is 1. The van der Waals surface area contributed by atoms with Crippen LogP contribution in [0.1, 0.15) is 47.3 Å². The van der Waals surface area contributed by atoms with Crippen LogP contribution in [0.2, 0.25) is 0 Å². The van der Waals surface area contributed by atoms with Crippen molar-refractivity contribution < 1.29 is 9.90 Å². The van der Waals surface area contributed by atoms with E-state index in [0.29, 0.717) is 12.1 Å². The van der Waals surface area contributed by atoms with Gasteiger partial charge < -0.3 is 10.4 Å². The Kier molecular flexibility index (Phi) is 5.92. The second-order valence-corrected chi connectivity index (χ2v) is 8.86. The van der Waals surface area contributed by atoms with Crippen molar-refractivity contribution in [1.29, 1.82) is 0 Å². The molecule has 4 aromatic rings. The Morgan fingerprint density at radius 3 is 2.64 bits per heavy atom. The summed E-state index contributed by atoms with van der Waals surface area (Å²) in [6, 6.07) is 20.0. The Bertz CT molecular complexity index is 1280. The van der Waals surface area contributed by atoms with Crippen LogP contribution in [0.4, 0.5) is 0 Å². The number of benzene rings is 2. The number of aryl methyl sites for hydroxylation is 1. The first kappa shape index (κ1) is 21.3. The van der Waals surface area contributed by atoms with Gasteiger partial charge in [0.2, 0.25) is 0 Å². The molecule has 1 amide bonds. The number of amides is 1. The van der Waals surface area contributed by atoms with E-state index in [2.05, 4.69) is 39.7 Å². The predicted octanol–water partition coefficient (Wildman–Crippen LogP) is 4.26. The Balaban J connectivity index is 1.42. The minimum atomic E-state index is -0.486. The maximum atomic E-state index is 13.0. The molecule has 0 aliphatic heterocycles. The number of aliphatic hydroxyl groups excluding tert-OH is 1. The lowest BCUT2D eigenvalue weighted by Gasteiger charge is -2.28. The maximum absolute atomic E-state index is 13.0. The number of rotatable bonds is 5. The first-order valence-corrected chi connectivity index (χ1v) is 11.5. The van der Waals surface area contributed by atoms with Gasteiger partial charge in [-0.1, -0.05) is 55.3 Å². The highest BCUT2D eigenvalue weighted by Gasteiger charge is 2.25. The average molecular weight is 441 g/mol. The molecule has 6 heteroatoms. The lowest BCUT2D eigenvalue weighted by molar-refractivity contribution is 0.0714. The van der Waals surface area contributed by atoms with Crippen LogP contribution in [-0.2, 0) is 13.5 Å². The molecule has 1 aliphatic carbocycles. The van der Waals surface area contributed by atoms with Gasteiger partial charge in [0.05, 0.1) is 23.4 Å². The third kappa shape index (κ3) is 4.66. The van der Waals surface area contributed by atoms with Gasteiger partial charge >= 0.3 is 0 Å². The molecule has 2 aromatic heterocycles. The number of aliphatic hydroxyl groups is 1. The van der Waals surface area contributed by atoms with E-state index in [1.807, 2.05) is 49.6 Å². The van der Waals surface area contributed by atoms with Crippen LogP contribution >= 0.6 is 0 Å². The molecule has 2 unspecified atom stereocenters. The van der Waals surface area contributed by atoms with Crippen LogP contribution in [0.25, 0.3) is 22.2 Å². The normalized spacial score (nSPS) is 18.4. The molecule has 1 saturated carbocycles. The maximum Gasteiger partial charge on any atom is 0.270 e. The van der Waals surface area contributed by atoms with Gasteiger partial charge in [-0.2, -0.15) is 5.10 Å². The van der Waals surface area contributed by atoms with Gasteiger partial charge in [-0.3, -0.25) is 9.48 Å². The highest BCUT2D eigenvalue weighted by molar-refractivity contribution is 5.96. The topological polar surface area (TPSA) is 80.0 Å². The average Bonchev–Trinajstić information content (AvgIpc) is 3.27. The molecule has 2 N–H and O–H groups in total. The van der Waals surface area contributed by atoms with Crippen LogP contribution in [0, 0.1) is 0 Å². The minimum absolute atomic E-state index is 0.206. The van der Waals surface area contributed by atoms with Crippen LogP contribution in [-0.4, -0.2) is 37.9 Å². The quantitative estimate of drug-likeness (QED) is 0.486.